The molecule has 0 rings (SSSR count). The van der Waals surface area contributed by atoms with E-state index in [2.05, 4.69) is 55.4 Å². The molecule has 0 fully saturated rings. The molecule has 5 atom stereocenters. The van der Waals surface area contributed by atoms with Crippen molar-refractivity contribution < 1.29 is 0 Å². The molecule has 0 saturated carbocycles. The summed E-state index contributed by atoms with van der Waals surface area (Å²) in [5, 5.41) is 0. The van der Waals surface area contributed by atoms with Gasteiger partial charge in [0.05, 0.1) is 0 Å². The Labute approximate surface area is 175 Å². The van der Waals surface area contributed by atoms with Crippen LogP contribution in [0.5, 0.6) is 0 Å². The Bertz CT molecular complexity index is 241. The Kier molecular flexibility index (Phi) is 28.1. The van der Waals surface area contributed by atoms with Gasteiger partial charge in [0.2, 0.25) is 0 Å². The average molecular weight is 386 g/mol. The van der Waals surface area contributed by atoms with Gasteiger partial charge < -0.3 is 5.73 Å². The second-order valence-corrected chi connectivity index (χ2v) is 8.65. The third-order valence-electron chi connectivity index (χ3n) is 6.22. The standard InChI is InChI=1S/C14H30.C10H23N.C2H6/c1-6-9-10-12(4)11-14(8-3)13(5)7-2;1-4-9(3)7-6-8-10(11)5-2;1-2/h12-14H,6-11H2,1-5H3;9-10H,4-8,11H2,1-3H3;1-2H3. The Morgan fingerprint density at radius 2 is 1.19 bits per heavy atom. The van der Waals surface area contributed by atoms with Crippen molar-refractivity contribution in [2.75, 3.05) is 0 Å². The van der Waals surface area contributed by atoms with Crippen LogP contribution in [0, 0.1) is 23.7 Å². The van der Waals surface area contributed by atoms with Crippen LogP contribution in [-0.2, 0) is 0 Å². The molecular weight excluding hydrogens is 326 g/mol. The maximum Gasteiger partial charge on any atom is 0.00362 e. The molecule has 5 unspecified atom stereocenters. The first-order valence-corrected chi connectivity index (χ1v) is 12.6. The van der Waals surface area contributed by atoms with Crippen molar-refractivity contribution in [3.05, 3.63) is 0 Å². The molecular formula is C26H59N. The largest absolute Gasteiger partial charge is 0.328 e. The second-order valence-electron chi connectivity index (χ2n) is 8.65. The lowest BCUT2D eigenvalue weighted by atomic mass is 9.81. The summed E-state index contributed by atoms with van der Waals surface area (Å²) in [5.41, 5.74) is 5.80. The van der Waals surface area contributed by atoms with E-state index in [-0.39, 0.29) is 0 Å². The van der Waals surface area contributed by atoms with Crippen LogP contribution in [0.4, 0.5) is 0 Å². The number of hydrogen-bond acceptors (Lipinski definition) is 1. The molecule has 1 nitrogen and oxygen atoms in total. The van der Waals surface area contributed by atoms with Crippen molar-refractivity contribution in [1.29, 1.82) is 0 Å². The number of rotatable bonds is 14. The maximum absolute atomic E-state index is 5.80. The molecule has 0 aliphatic rings. The summed E-state index contributed by atoms with van der Waals surface area (Å²) in [5.74, 6) is 3.71. The molecule has 0 aliphatic carbocycles. The molecule has 0 spiro atoms. The van der Waals surface area contributed by atoms with Gasteiger partial charge in [-0.1, -0.05) is 121 Å². The van der Waals surface area contributed by atoms with Crippen LogP contribution in [0.2, 0.25) is 0 Å². The van der Waals surface area contributed by atoms with E-state index in [1.165, 1.54) is 64.2 Å². The summed E-state index contributed by atoms with van der Waals surface area (Å²) in [6.45, 7) is 22.5. The molecule has 0 aromatic heterocycles. The van der Waals surface area contributed by atoms with Crippen LogP contribution < -0.4 is 5.73 Å². The first-order chi connectivity index (χ1) is 12.9. The molecule has 0 radical (unpaired) electrons. The van der Waals surface area contributed by atoms with E-state index in [1.807, 2.05) is 13.8 Å². The summed E-state index contributed by atoms with van der Waals surface area (Å²) < 4.78 is 0. The SMILES string of the molecule is CC.CCC(C)CCCC(N)CC.CCCCC(C)CC(CC)C(C)CC. The normalized spacial score (nSPS) is 16.1. The van der Waals surface area contributed by atoms with Crippen LogP contribution in [0.3, 0.4) is 0 Å². The maximum atomic E-state index is 5.80. The molecule has 0 heterocycles. The van der Waals surface area contributed by atoms with Crippen LogP contribution in [-0.4, -0.2) is 6.04 Å². The van der Waals surface area contributed by atoms with Gasteiger partial charge in [-0.15, -0.1) is 0 Å². The Balaban J connectivity index is -0.000000400. The van der Waals surface area contributed by atoms with Crippen molar-refractivity contribution in [1.82, 2.24) is 0 Å². The predicted molar refractivity (Wildman–Crippen MR) is 129 cm³/mol. The first kappa shape index (κ1) is 31.6. The van der Waals surface area contributed by atoms with Crippen molar-refractivity contribution in [2.45, 2.75) is 146 Å². The minimum atomic E-state index is 0.444. The van der Waals surface area contributed by atoms with E-state index in [4.69, 9.17) is 5.73 Å². The Morgan fingerprint density at radius 3 is 1.59 bits per heavy atom. The van der Waals surface area contributed by atoms with E-state index >= 15 is 0 Å². The first-order valence-electron chi connectivity index (χ1n) is 12.6. The zero-order chi connectivity index (χ0) is 21.7. The predicted octanol–water partition coefficient (Wildman–Crippen LogP) is 9.24. The minimum Gasteiger partial charge on any atom is -0.328 e. The highest BCUT2D eigenvalue weighted by Gasteiger charge is 2.16. The van der Waals surface area contributed by atoms with E-state index in [9.17, 15) is 0 Å². The molecule has 0 aromatic carbocycles. The monoisotopic (exact) mass is 385 g/mol. The lowest BCUT2D eigenvalue weighted by molar-refractivity contribution is 0.267. The van der Waals surface area contributed by atoms with E-state index < -0.39 is 0 Å². The van der Waals surface area contributed by atoms with Crippen molar-refractivity contribution in [3.63, 3.8) is 0 Å². The molecule has 2 N–H and O–H groups in total. The van der Waals surface area contributed by atoms with Gasteiger partial charge in [-0.05, 0) is 42.9 Å². The van der Waals surface area contributed by atoms with Crippen molar-refractivity contribution in [3.8, 4) is 0 Å². The molecule has 0 bridgehead atoms. The van der Waals surface area contributed by atoms with E-state index in [0.717, 1.165) is 30.1 Å². The Morgan fingerprint density at radius 1 is 0.630 bits per heavy atom. The zero-order valence-corrected chi connectivity index (χ0v) is 21.2. The summed E-state index contributed by atoms with van der Waals surface area (Å²) in [4.78, 5) is 0. The minimum absolute atomic E-state index is 0.444. The zero-order valence-electron chi connectivity index (χ0n) is 21.2. The molecule has 27 heavy (non-hydrogen) atoms. The van der Waals surface area contributed by atoms with Crippen LogP contribution in [0.1, 0.15) is 140 Å². The number of nitrogens with two attached hydrogens (primary N) is 1. The molecule has 0 amide bonds. The molecule has 0 saturated heterocycles. The van der Waals surface area contributed by atoms with Gasteiger partial charge >= 0.3 is 0 Å². The molecule has 168 valence electrons. The van der Waals surface area contributed by atoms with Gasteiger partial charge in [-0.2, -0.15) is 0 Å². The topological polar surface area (TPSA) is 26.0 Å². The number of unbranched alkanes of at least 4 members (excludes halogenated alkanes) is 1. The summed E-state index contributed by atoms with van der Waals surface area (Å²) in [6, 6.07) is 0.444. The summed E-state index contributed by atoms with van der Waals surface area (Å²) in [7, 11) is 0. The summed E-state index contributed by atoms with van der Waals surface area (Å²) >= 11 is 0. The van der Waals surface area contributed by atoms with Gasteiger partial charge in [0, 0.05) is 6.04 Å². The average Bonchev–Trinajstić information content (AvgIpc) is 2.71. The molecule has 1 heteroatoms. The van der Waals surface area contributed by atoms with E-state index in [0.29, 0.717) is 6.04 Å². The van der Waals surface area contributed by atoms with Gasteiger partial charge in [0.1, 0.15) is 0 Å². The van der Waals surface area contributed by atoms with Gasteiger partial charge in [-0.3, -0.25) is 0 Å². The fraction of sp³-hybridized carbons (Fsp3) is 1.00. The van der Waals surface area contributed by atoms with Crippen LogP contribution in [0.15, 0.2) is 0 Å². The fourth-order valence-corrected chi connectivity index (χ4v) is 3.46. The Hall–Kier alpha value is -0.0400. The van der Waals surface area contributed by atoms with Crippen molar-refractivity contribution >= 4 is 0 Å². The van der Waals surface area contributed by atoms with E-state index in [1.54, 1.807) is 0 Å². The molecule has 0 aromatic rings. The summed E-state index contributed by atoms with van der Waals surface area (Å²) in [6.07, 6.45) is 14.7. The highest BCUT2D eigenvalue weighted by molar-refractivity contribution is 4.67. The van der Waals surface area contributed by atoms with Gasteiger partial charge in [-0.25, -0.2) is 0 Å². The number of hydrogen-bond donors (Lipinski definition) is 1. The highest BCUT2D eigenvalue weighted by atomic mass is 14.6. The van der Waals surface area contributed by atoms with Crippen molar-refractivity contribution in [2.24, 2.45) is 29.4 Å². The quantitative estimate of drug-likeness (QED) is 0.317. The lowest BCUT2D eigenvalue weighted by Gasteiger charge is -2.24. The highest BCUT2D eigenvalue weighted by Crippen LogP contribution is 2.27. The third kappa shape index (κ3) is 22.1. The second kappa shape index (κ2) is 24.0. The smallest absolute Gasteiger partial charge is 0.00362 e. The third-order valence-corrected chi connectivity index (χ3v) is 6.22. The molecule has 0 aliphatic heterocycles. The van der Waals surface area contributed by atoms with Crippen LogP contribution in [0.25, 0.3) is 0 Å². The van der Waals surface area contributed by atoms with Crippen LogP contribution >= 0.6 is 0 Å². The fourth-order valence-electron chi connectivity index (χ4n) is 3.46. The lowest BCUT2D eigenvalue weighted by Crippen LogP contribution is -2.18. The van der Waals surface area contributed by atoms with Gasteiger partial charge in [0.15, 0.2) is 0 Å². The van der Waals surface area contributed by atoms with Gasteiger partial charge in [0.25, 0.3) is 0 Å².